The van der Waals surface area contributed by atoms with Crippen molar-refractivity contribution >= 4 is 23.0 Å². The number of likely N-dealkylation sites (tertiary alicyclic amines) is 1. The average molecular weight is 563 g/mol. The van der Waals surface area contributed by atoms with Crippen LogP contribution in [0.4, 0.5) is 8.78 Å². The number of benzene rings is 1. The van der Waals surface area contributed by atoms with Gasteiger partial charge in [-0.05, 0) is 45.4 Å². The number of halogens is 2. The molecule has 2 unspecified atom stereocenters. The first kappa shape index (κ1) is 27.2. The Hall–Kier alpha value is -3.96. The highest BCUT2D eigenvalue weighted by atomic mass is 19.3. The fraction of sp³-hybridized carbons (Fsp3) is 0.400. The van der Waals surface area contributed by atoms with Gasteiger partial charge in [-0.3, -0.25) is 14.2 Å². The van der Waals surface area contributed by atoms with Gasteiger partial charge in [0.1, 0.15) is 11.4 Å². The Morgan fingerprint density at radius 1 is 1.29 bits per heavy atom. The van der Waals surface area contributed by atoms with Crippen LogP contribution in [-0.2, 0) is 0 Å². The van der Waals surface area contributed by atoms with Crippen LogP contribution in [0.15, 0.2) is 54.4 Å². The molecule has 214 valence electrons. The number of aromatic nitrogens is 3. The summed E-state index contributed by atoms with van der Waals surface area (Å²) in [7, 11) is 3.74. The van der Waals surface area contributed by atoms with Crippen LogP contribution in [0, 0.1) is 0 Å². The van der Waals surface area contributed by atoms with Crippen LogP contribution in [-0.4, -0.2) is 80.3 Å². The van der Waals surface area contributed by atoms with Crippen molar-refractivity contribution in [2.45, 2.75) is 50.4 Å². The van der Waals surface area contributed by atoms with Gasteiger partial charge in [-0.2, -0.15) is 8.78 Å². The Labute approximate surface area is 236 Å². The first-order valence-electron chi connectivity index (χ1n) is 13.6. The Kier molecular flexibility index (Phi) is 6.74. The number of piperidine rings is 1. The van der Waals surface area contributed by atoms with E-state index in [1.165, 1.54) is 6.07 Å². The quantitative estimate of drug-likeness (QED) is 0.353. The van der Waals surface area contributed by atoms with Gasteiger partial charge in [-0.1, -0.05) is 18.7 Å². The number of ether oxygens (including phenoxy) is 1. The molecule has 2 bridgehead atoms. The number of fused-ring (bicyclic) bond motifs is 9. The van der Waals surface area contributed by atoms with E-state index in [2.05, 4.69) is 21.5 Å². The third kappa shape index (κ3) is 4.53. The van der Waals surface area contributed by atoms with Crippen molar-refractivity contribution in [2.24, 2.45) is 4.99 Å². The highest BCUT2D eigenvalue weighted by Gasteiger charge is 2.46. The minimum atomic E-state index is -3.03. The van der Waals surface area contributed by atoms with Crippen molar-refractivity contribution in [3.63, 3.8) is 0 Å². The number of aliphatic hydroxyl groups is 1. The molecule has 9 nitrogen and oxygen atoms in total. The first-order valence-corrected chi connectivity index (χ1v) is 13.6. The summed E-state index contributed by atoms with van der Waals surface area (Å²) in [5.41, 5.74) is 3.36. The lowest BCUT2D eigenvalue weighted by atomic mass is 9.87. The molecule has 2 aromatic heterocycles. The van der Waals surface area contributed by atoms with Crippen molar-refractivity contribution in [1.29, 1.82) is 0 Å². The number of carbonyl (C=O) groups is 1. The summed E-state index contributed by atoms with van der Waals surface area (Å²) in [6.07, 6.45) is 8.63. The highest BCUT2D eigenvalue weighted by Crippen LogP contribution is 2.52. The Bertz CT molecular complexity index is 1600. The van der Waals surface area contributed by atoms with Crippen molar-refractivity contribution in [2.75, 3.05) is 27.2 Å². The van der Waals surface area contributed by atoms with E-state index in [1.807, 2.05) is 24.6 Å². The van der Waals surface area contributed by atoms with Gasteiger partial charge in [0.05, 0.1) is 17.4 Å². The van der Waals surface area contributed by atoms with Gasteiger partial charge >= 0.3 is 6.61 Å². The predicted molar refractivity (Wildman–Crippen MR) is 150 cm³/mol. The van der Waals surface area contributed by atoms with E-state index in [4.69, 9.17) is 9.72 Å². The van der Waals surface area contributed by atoms with Crippen molar-refractivity contribution < 1.29 is 23.4 Å². The van der Waals surface area contributed by atoms with Gasteiger partial charge in [0.15, 0.2) is 0 Å². The van der Waals surface area contributed by atoms with Crippen LogP contribution >= 0.6 is 0 Å². The third-order valence-electron chi connectivity index (χ3n) is 8.74. The fourth-order valence-corrected chi connectivity index (χ4v) is 6.25. The summed E-state index contributed by atoms with van der Waals surface area (Å²) in [4.78, 5) is 31.1. The zero-order valence-corrected chi connectivity index (χ0v) is 23.2. The van der Waals surface area contributed by atoms with E-state index in [0.717, 1.165) is 24.3 Å². The van der Waals surface area contributed by atoms with Gasteiger partial charge in [0, 0.05) is 72.6 Å². The van der Waals surface area contributed by atoms with Crippen LogP contribution in [0.25, 0.3) is 11.4 Å². The van der Waals surface area contributed by atoms with Crippen LogP contribution in [0.3, 0.4) is 0 Å². The number of rotatable bonds is 6. The molecule has 1 N–H and O–H groups in total. The van der Waals surface area contributed by atoms with Crippen LogP contribution in [0.2, 0.25) is 0 Å². The summed E-state index contributed by atoms with van der Waals surface area (Å²) in [6.45, 7) is 4.36. The first-order chi connectivity index (χ1) is 19.6. The summed E-state index contributed by atoms with van der Waals surface area (Å²) in [5.74, 6) is -0.246. The summed E-state index contributed by atoms with van der Waals surface area (Å²) in [5, 5.41) is 11.1. The molecule has 3 aliphatic rings. The van der Waals surface area contributed by atoms with Crippen molar-refractivity contribution in [1.82, 2.24) is 24.2 Å². The molecule has 41 heavy (non-hydrogen) atoms. The molecule has 0 saturated carbocycles. The minimum absolute atomic E-state index is 0.0138. The van der Waals surface area contributed by atoms with E-state index < -0.39 is 18.1 Å². The van der Waals surface area contributed by atoms with E-state index in [-0.39, 0.29) is 17.7 Å². The number of hydrogen-bond donors (Lipinski definition) is 1. The molecular formula is C30H32F2N6O3. The minimum Gasteiger partial charge on any atom is -0.434 e. The largest absolute Gasteiger partial charge is 0.434 e. The number of alkyl halides is 2. The van der Waals surface area contributed by atoms with Crippen molar-refractivity contribution in [3.8, 4) is 5.75 Å². The lowest BCUT2D eigenvalue weighted by Gasteiger charge is -2.36. The summed E-state index contributed by atoms with van der Waals surface area (Å²) >= 11 is 0. The second-order valence-corrected chi connectivity index (χ2v) is 11.0. The van der Waals surface area contributed by atoms with Crippen molar-refractivity contribution in [3.05, 3.63) is 77.5 Å². The number of aliphatic imine (C=N–C) groups is 1. The zero-order valence-electron chi connectivity index (χ0n) is 23.2. The van der Waals surface area contributed by atoms with Gasteiger partial charge in [0.25, 0.3) is 5.91 Å². The molecule has 1 saturated heterocycles. The smallest absolute Gasteiger partial charge is 0.387 e. The zero-order chi connectivity index (χ0) is 29.1. The normalized spacial score (nSPS) is 22.6. The lowest BCUT2D eigenvalue weighted by Crippen LogP contribution is -2.47. The van der Waals surface area contributed by atoms with Crippen LogP contribution < -0.4 is 4.74 Å². The van der Waals surface area contributed by atoms with Gasteiger partial charge in [-0.15, -0.1) is 0 Å². The van der Waals surface area contributed by atoms with E-state index >= 15 is 0 Å². The molecule has 4 heterocycles. The van der Waals surface area contributed by atoms with Gasteiger partial charge in [-0.25, -0.2) is 9.97 Å². The number of hydrogen-bond acceptors (Lipinski definition) is 7. The van der Waals surface area contributed by atoms with Gasteiger partial charge < -0.3 is 19.6 Å². The Balaban J connectivity index is 1.44. The molecule has 0 spiro atoms. The molecule has 2 atom stereocenters. The maximum absolute atomic E-state index is 13.4. The number of imidazole rings is 1. The average Bonchev–Trinajstić information content (AvgIpc) is 3.48. The summed E-state index contributed by atoms with van der Waals surface area (Å²) in [6, 6.07) is 4.34. The predicted octanol–water partition coefficient (Wildman–Crippen LogP) is 4.44. The van der Waals surface area contributed by atoms with Gasteiger partial charge in [0.2, 0.25) is 5.78 Å². The van der Waals surface area contributed by atoms with E-state index in [9.17, 15) is 18.7 Å². The lowest BCUT2D eigenvalue weighted by molar-refractivity contribution is -0.0506. The fourth-order valence-electron chi connectivity index (χ4n) is 6.25. The summed E-state index contributed by atoms with van der Waals surface area (Å²) < 4.78 is 33.5. The maximum Gasteiger partial charge on any atom is 0.387 e. The topological polar surface area (TPSA) is 95.6 Å². The third-order valence-corrected chi connectivity index (χ3v) is 8.74. The van der Waals surface area contributed by atoms with Crippen LogP contribution in [0.5, 0.6) is 5.75 Å². The Morgan fingerprint density at radius 3 is 2.76 bits per heavy atom. The molecule has 1 fully saturated rings. The molecule has 1 amide bonds. The molecule has 0 radical (unpaired) electrons. The molecule has 1 aromatic carbocycles. The van der Waals surface area contributed by atoms with Crippen LogP contribution in [0.1, 0.15) is 71.0 Å². The second-order valence-electron chi connectivity index (χ2n) is 11.0. The molecule has 2 aliphatic heterocycles. The molecule has 6 rings (SSSR count). The molecule has 1 aliphatic carbocycles. The standard InChI is InChI=1S/C30H32F2N6O3/c1-5-18(14-33-17(2)30(40)9-11-36(3)12-10-30)19-15-34-29-35-25-22-13-21(26(25)38(29)16-19)24-20(27(39)37(22)4)7-6-8-23(24)41-28(31)32/h5-8,14-16,21-22,28,40H,1,9-13H2,2-4H3/b18-14+,33-17?. The number of amides is 1. The Morgan fingerprint density at radius 2 is 2.05 bits per heavy atom. The number of carbonyl (C=O) groups excluding carboxylic acids is 1. The number of allylic oxidation sites excluding steroid dienone is 2. The number of nitrogens with zero attached hydrogens (tertiary/aromatic N) is 6. The second kappa shape index (κ2) is 10.1. The molecule has 3 aromatic rings. The maximum atomic E-state index is 13.4. The molecule has 11 heteroatoms. The highest BCUT2D eigenvalue weighted by molar-refractivity contribution is 5.98. The van der Waals surface area contributed by atoms with E-state index in [1.54, 1.807) is 42.6 Å². The van der Waals surface area contributed by atoms with E-state index in [0.29, 0.717) is 53.1 Å². The SMILES string of the molecule is C=C/C(=C\N=C(C)C1(O)CCN(C)CC1)c1cnc2nc3c(n2c1)C1CC3N(C)C(=O)c2cccc(OC(F)F)c21. The molecular weight excluding hydrogens is 530 g/mol. The monoisotopic (exact) mass is 562 g/mol.